The van der Waals surface area contributed by atoms with Crippen molar-refractivity contribution in [2.45, 2.75) is 31.7 Å². The summed E-state index contributed by atoms with van der Waals surface area (Å²) in [7, 11) is 0. The van der Waals surface area contributed by atoms with Crippen LogP contribution >= 0.6 is 0 Å². The highest BCUT2D eigenvalue weighted by Crippen LogP contribution is 2.13. The maximum absolute atomic E-state index is 11.9. The number of rotatable bonds is 5. The van der Waals surface area contributed by atoms with Crippen molar-refractivity contribution in [3.05, 3.63) is 31.0 Å². The van der Waals surface area contributed by atoms with Crippen LogP contribution in [0.1, 0.15) is 25.7 Å². The molecule has 0 aliphatic carbocycles. The first-order chi connectivity index (χ1) is 10.3. The fraction of sp³-hybridized carbons (Fsp3) is 0.429. The molecule has 2 aromatic heterocycles. The Balaban J connectivity index is 1.51. The molecule has 0 spiro atoms. The van der Waals surface area contributed by atoms with Crippen molar-refractivity contribution in [3.8, 4) is 5.82 Å². The van der Waals surface area contributed by atoms with Crippen molar-refractivity contribution < 1.29 is 4.79 Å². The lowest BCUT2D eigenvalue weighted by molar-refractivity contribution is -0.116. The van der Waals surface area contributed by atoms with Crippen LogP contribution in [0.15, 0.2) is 31.0 Å². The topological polar surface area (TPSA) is 84.7 Å². The first kappa shape index (κ1) is 13.7. The lowest BCUT2D eigenvalue weighted by Crippen LogP contribution is -2.23. The van der Waals surface area contributed by atoms with Gasteiger partial charge in [-0.2, -0.15) is 5.10 Å². The van der Waals surface area contributed by atoms with E-state index in [-0.39, 0.29) is 5.91 Å². The Morgan fingerprint density at radius 2 is 2.43 bits per heavy atom. The minimum Gasteiger partial charge on any atom is -0.325 e. The Kier molecular flexibility index (Phi) is 4.20. The predicted octanol–water partition coefficient (Wildman–Crippen LogP) is 1.13. The zero-order valence-electron chi connectivity index (χ0n) is 11.7. The molecule has 1 fully saturated rings. The zero-order valence-corrected chi connectivity index (χ0v) is 11.7. The average molecular weight is 286 g/mol. The van der Waals surface area contributed by atoms with Gasteiger partial charge in [0.05, 0.1) is 11.9 Å². The smallest absolute Gasteiger partial charge is 0.224 e. The van der Waals surface area contributed by atoms with Gasteiger partial charge in [-0.05, 0) is 37.9 Å². The molecule has 21 heavy (non-hydrogen) atoms. The van der Waals surface area contributed by atoms with Gasteiger partial charge in [0.25, 0.3) is 0 Å². The summed E-state index contributed by atoms with van der Waals surface area (Å²) in [6.07, 6.45) is 8.45. The van der Waals surface area contributed by atoms with E-state index in [4.69, 9.17) is 0 Å². The SMILES string of the molecule is O=C(CCC1CCCN1)Nc1ccc(-n2cncn2)nc1. The fourth-order valence-corrected chi connectivity index (χ4v) is 2.45. The zero-order chi connectivity index (χ0) is 14.5. The molecule has 1 amide bonds. The second kappa shape index (κ2) is 6.45. The summed E-state index contributed by atoms with van der Waals surface area (Å²) in [5.74, 6) is 0.694. The number of nitrogens with one attached hydrogen (secondary N) is 2. The van der Waals surface area contributed by atoms with Crippen molar-refractivity contribution in [1.29, 1.82) is 0 Å². The minimum absolute atomic E-state index is 0.0269. The second-order valence-corrected chi connectivity index (χ2v) is 5.13. The molecule has 7 nitrogen and oxygen atoms in total. The largest absolute Gasteiger partial charge is 0.325 e. The fourth-order valence-electron chi connectivity index (χ4n) is 2.45. The molecule has 1 unspecified atom stereocenters. The van der Waals surface area contributed by atoms with Gasteiger partial charge in [-0.1, -0.05) is 0 Å². The van der Waals surface area contributed by atoms with Crippen LogP contribution in [0.4, 0.5) is 5.69 Å². The normalized spacial score (nSPS) is 17.8. The summed E-state index contributed by atoms with van der Waals surface area (Å²) < 4.78 is 1.57. The van der Waals surface area contributed by atoms with Crippen molar-refractivity contribution >= 4 is 11.6 Å². The number of aromatic nitrogens is 4. The summed E-state index contributed by atoms with van der Waals surface area (Å²) in [5, 5.41) is 10.3. The summed E-state index contributed by atoms with van der Waals surface area (Å²) in [6, 6.07) is 4.10. The molecule has 7 heteroatoms. The molecule has 0 bridgehead atoms. The van der Waals surface area contributed by atoms with Crippen LogP contribution in [-0.2, 0) is 4.79 Å². The van der Waals surface area contributed by atoms with Crippen LogP contribution in [0, 0.1) is 0 Å². The van der Waals surface area contributed by atoms with Crippen LogP contribution in [0.5, 0.6) is 0 Å². The molecule has 0 radical (unpaired) electrons. The number of amides is 1. The summed E-state index contributed by atoms with van der Waals surface area (Å²) in [4.78, 5) is 20.0. The minimum atomic E-state index is 0.0269. The Labute approximate surface area is 122 Å². The van der Waals surface area contributed by atoms with E-state index in [0.717, 1.165) is 13.0 Å². The lowest BCUT2D eigenvalue weighted by atomic mass is 10.1. The van der Waals surface area contributed by atoms with E-state index in [0.29, 0.717) is 24.0 Å². The highest BCUT2D eigenvalue weighted by molar-refractivity contribution is 5.90. The number of pyridine rings is 1. The third kappa shape index (κ3) is 3.63. The lowest BCUT2D eigenvalue weighted by Gasteiger charge is -2.10. The van der Waals surface area contributed by atoms with Gasteiger partial charge in [0.1, 0.15) is 12.7 Å². The van der Waals surface area contributed by atoms with Gasteiger partial charge < -0.3 is 10.6 Å². The molecule has 3 heterocycles. The molecule has 0 saturated carbocycles. The molecule has 1 aliphatic heterocycles. The maximum atomic E-state index is 11.9. The second-order valence-electron chi connectivity index (χ2n) is 5.13. The molecule has 110 valence electrons. The third-order valence-electron chi connectivity index (χ3n) is 3.57. The van der Waals surface area contributed by atoms with Crippen molar-refractivity contribution in [2.24, 2.45) is 0 Å². The monoisotopic (exact) mass is 286 g/mol. The van der Waals surface area contributed by atoms with E-state index in [1.54, 1.807) is 23.3 Å². The molecular formula is C14H18N6O. The van der Waals surface area contributed by atoms with Crippen LogP contribution in [-0.4, -0.2) is 38.2 Å². The van der Waals surface area contributed by atoms with Gasteiger partial charge in [0.15, 0.2) is 5.82 Å². The third-order valence-corrected chi connectivity index (χ3v) is 3.57. The van der Waals surface area contributed by atoms with Crippen molar-refractivity contribution in [2.75, 3.05) is 11.9 Å². The van der Waals surface area contributed by atoms with Gasteiger partial charge in [0.2, 0.25) is 5.91 Å². The highest BCUT2D eigenvalue weighted by Gasteiger charge is 2.15. The van der Waals surface area contributed by atoms with Gasteiger partial charge in [-0.3, -0.25) is 4.79 Å². The van der Waals surface area contributed by atoms with Crippen molar-refractivity contribution in [1.82, 2.24) is 25.1 Å². The molecular weight excluding hydrogens is 268 g/mol. The number of hydrogen-bond acceptors (Lipinski definition) is 5. The van der Waals surface area contributed by atoms with Crippen LogP contribution in [0.2, 0.25) is 0 Å². The van der Waals surface area contributed by atoms with E-state index < -0.39 is 0 Å². The maximum Gasteiger partial charge on any atom is 0.224 e. The molecule has 2 N–H and O–H groups in total. The molecule has 3 rings (SSSR count). The Morgan fingerprint density at radius 1 is 1.48 bits per heavy atom. The number of anilines is 1. The molecule has 2 aromatic rings. The quantitative estimate of drug-likeness (QED) is 0.860. The summed E-state index contributed by atoms with van der Waals surface area (Å²) in [6.45, 7) is 1.07. The van der Waals surface area contributed by atoms with Gasteiger partial charge >= 0.3 is 0 Å². The molecule has 1 saturated heterocycles. The molecule has 0 aromatic carbocycles. The number of carbonyl (C=O) groups excluding carboxylic acids is 1. The average Bonchev–Trinajstić information content (AvgIpc) is 3.19. The molecule has 1 aliphatic rings. The number of nitrogens with zero attached hydrogens (tertiary/aromatic N) is 4. The van der Waals surface area contributed by atoms with Crippen LogP contribution in [0.25, 0.3) is 5.82 Å². The van der Waals surface area contributed by atoms with Crippen LogP contribution < -0.4 is 10.6 Å². The van der Waals surface area contributed by atoms with Crippen LogP contribution in [0.3, 0.4) is 0 Å². The Morgan fingerprint density at radius 3 is 3.10 bits per heavy atom. The van der Waals surface area contributed by atoms with Gasteiger partial charge in [0, 0.05) is 12.5 Å². The number of carbonyl (C=O) groups is 1. The number of hydrogen-bond donors (Lipinski definition) is 2. The van der Waals surface area contributed by atoms with E-state index in [1.807, 2.05) is 6.07 Å². The first-order valence-electron chi connectivity index (χ1n) is 7.15. The predicted molar refractivity (Wildman–Crippen MR) is 78.0 cm³/mol. The van der Waals surface area contributed by atoms with E-state index in [9.17, 15) is 4.79 Å². The molecule has 1 atom stereocenters. The summed E-state index contributed by atoms with van der Waals surface area (Å²) >= 11 is 0. The standard InChI is InChI=1S/C14H18N6O/c21-14(6-4-11-2-1-7-16-11)19-12-3-5-13(17-8-12)20-10-15-9-18-20/h3,5,8-11,16H,1-2,4,6-7H2,(H,19,21). The summed E-state index contributed by atoms with van der Waals surface area (Å²) in [5.41, 5.74) is 0.697. The van der Waals surface area contributed by atoms with E-state index in [2.05, 4.69) is 25.7 Å². The van der Waals surface area contributed by atoms with Gasteiger partial charge in [-0.25, -0.2) is 14.6 Å². The highest BCUT2D eigenvalue weighted by atomic mass is 16.1. The van der Waals surface area contributed by atoms with Gasteiger partial charge in [-0.15, -0.1) is 0 Å². The van der Waals surface area contributed by atoms with Crippen molar-refractivity contribution in [3.63, 3.8) is 0 Å². The van der Waals surface area contributed by atoms with E-state index in [1.165, 1.54) is 19.2 Å². The Hall–Kier alpha value is -2.28. The van der Waals surface area contributed by atoms with E-state index >= 15 is 0 Å². The first-order valence-corrected chi connectivity index (χ1v) is 7.15. The Bertz CT molecular complexity index is 574.